The molecular weight excluding hydrogens is 142 g/mol. The Morgan fingerprint density at radius 3 is 2.82 bits per heavy atom. The van der Waals surface area contributed by atoms with Gasteiger partial charge in [0.1, 0.15) is 5.76 Å². The molecule has 0 bridgehead atoms. The number of hydrogen-bond acceptors (Lipinski definition) is 3. The highest BCUT2D eigenvalue weighted by Crippen LogP contribution is 2.25. The second-order valence-electron chi connectivity index (χ2n) is 2.80. The number of nitrogens with zero attached hydrogens (tertiary/aromatic N) is 1. The first-order chi connectivity index (χ1) is 5.47. The number of hydrogen-bond donors (Lipinski definition) is 0. The van der Waals surface area contributed by atoms with Crippen molar-refractivity contribution in [2.75, 3.05) is 13.2 Å². The highest BCUT2D eigenvalue weighted by Gasteiger charge is 2.18. The van der Waals surface area contributed by atoms with Crippen molar-refractivity contribution in [2.45, 2.75) is 18.8 Å². The quantitative estimate of drug-likeness (QED) is 0.614. The van der Waals surface area contributed by atoms with Crippen molar-refractivity contribution in [3.05, 3.63) is 18.0 Å². The third kappa shape index (κ3) is 1.43. The maximum absolute atomic E-state index is 5.24. The van der Waals surface area contributed by atoms with E-state index in [4.69, 9.17) is 9.26 Å². The highest BCUT2D eigenvalue weighted by molar-refractivity contribution is 5.02. The molecule has 1 aromatic rings. The fraction of sp³-hybridized carbons (Fsp3) is 0.625. The summed E-state index contributed by atoms with van der Waals surface area (Å²) in [4.78, 5) is 0. The Hall–Kier alpha value is -0.830. The van der Waals surface area contributed by atoms with Gasteiger partial charge in [-0.3, -0.25) is 0 Å². The zero-order valence-electron chi connectivity index (χ0n) is 6.32. The summed E-state index contributed by atoms with van der Waals surface area (Å²) in [5, 5.41) is 3.68. The minimum atomic E-state index is 0.534. The second kappa shape index (κ2) is 3.05. The molecule has 0 aromatic carbocycles. The molecule has 0 spiro atoms. The van der Waals surface area contributed by atoms with Crippen LogP contribution in [0, 0.1) is 0 Å². The van der Waals surface area contributed by atoms with Gasteiger partial charge in [-0.2, -0.15) is 0 Å². The zero-order valence-corrected chi connectivity index (χ0v) is 6.32. The van der Waals surface area contributed by atoms with Crippen LogP contribution in [0.3, 0.4) is 0 Å². The Bertz CT molecular complexity index is 202. The average molecular weight is 153 g/mol. The molecule has 1 saturated heterocycles. The van der Waals surface area contributed by atoms with E-state index >= 15 is 0 Å². The van der Waals surface area contributed by atoms with E-state index < -0.39 is 0 Å². The lowest BCUT2D eigenvalue weighted by atomic mass is 9.98. The van der Waals surface area contributed by atoms with Gasteiger partial charge in [0.25, 0.3) is 0 Å². The Labute approximate surface area is 65.3 Å². The maximum Gasteiger partial charge on any atom is 0.139 e. The molecule has 0 saturated carbocycles. The first-order valence-corrected chi connectivity index (χ1v) is 3.95. The van der Waals surface area contributed by atoms with Crippen LogP contribution in [0.15, 0.2) is 16.8 Å². The van der Waals surface area contributed by atoms with E-state index in [0.29, 0.717) is 5.92 Å². The van der Waals surface area contributed by atoms with Gasteiger partial charge in [0.2, 0.25) is 0 Å². The molecule has 0 amide bonds. The number of ether oxygens (including phenoxy) is 1. The van der Waals surface area contributed by atoms with Gasteiger partial charge < -0.3 is 9.26 Å². The fourth-order valence-corrected chi connectivity index (χ4v) is 1.42. The van der Waals surface area contributed by atoms with Gasteiger partial charge in [-0.05, 0) is 12.8 Å². The van der Waals surface area contributed by atoms with E-state index in [1.165, 1.54) is 0 Å². The Kier molecular flexibility index (Phi) is 1.90. The Morgan fingerprint density at radius 1 is 1.36 bits per heavy atom. The minimum Gasteiger partial charge on any atom is -0.381 e. The van der Waals surface area contributed by atoms with Crippen LogP contribution < -0.4 is 0 Å². The fourth-order valence-electron chi connectivity index (χ4n) is 1.42. The van der Waals surface area contributed by atoms with Crippen molar-refractivity contribution in [1.82, 2.24) is 5.16 Å². The van der Waals surface area contributed by atoms with E-state index in [2.05, 4.69) is 5.16 Å². The summed E-state index contributed by atoms with van der Waals surface area (Å²) < 4.78 is 10.3. The third-order valence-electron chi connectivity index (χ3n) is 2.08. The highest BCUT2D eigenvalue weighted by atomic mass is 16.5. The zero-order chi connectivity index (χ0) is 7.52. The van der Waals surface area contributed by atoms with Gasteiger partial charge in [0.05, 0.1) is 6.20 Å². The minimum absolute atomic E-state index is 0.534. The summed E-state index contributed by atoms with van der Waals surface area (Å²) in [7, 11) is 0. The number of rotatable bonds is 1. The van der Waals surface area contributed by atoms with Gasteiger partial charge >= 0.3 is 0 Å². The van der Waals surface area contributed by atoms with Crippen LogP contribution in [0.2, 0.25) is 0 Å². The smallest absolute Gasteiger partial charge is 0.139 e. The van der Waals surface area contributed by atoms with Crippen LogP contribution in [0.4, 0.5) is 0 Å². The SMILES string of the molecule is c1cc(C2CCOCC2)on1. The van der Waals surface area contributed by atoms with Crippen LogP contribution in [0.1, 0.15) is 24.5 Å². The molecule has 1 fully saturated rings. The Balaban J connectivity index is 2.04. The van der Waals surface area contributed by atoms with Gasteiger partial charge in [-0.25, -0.2) is 0 Å². The van der Waals surface area contributed by atoms with Crippen LogP contribution in [-0.4, -0.2) is 18.4 Å². The second-order valence-corrected chi connectivity index (χ2v) is 2.80. The van der Waals surface area contributed by atoms with E-state index in [9.17, 15) is 0 Å². The molecule has 0 radical (unpaired) electrons. The molecule has 1 aliphatic heterocycles. The molecule has 60 valence electrons. The van der Waals surface area contributed by atoms with Crippen molar-refractivity contribution in [1.29, 1.82) is 0 Å². The van der Waals surface area contributed by atoms with Gasteiger partial charge in [0.15, 0.2) is 0 Å². The largest absolute Gasteiger partial charge is 0.381 e. The molecule has 1 aromatic heterocycles. The van der Waals surface area contributed by atoms with Crippen molar-refractivity contribution in [3.63, 3.8) is 0 Å². The summed E-state index contributed by atoms with van der Waals surface area (Å²) in [5.41, 5.74) is 0. The molecule has 0 N–H and O–H groups in total. The molecule has 0 atom stereocenters. The van der Waals surface area contributed by atoms with E-state index in [1.807, 2.05) is 6.07 Å². The number of aromatic nitrogens is 1. The molecule has 2 rings (SSSR count). The molecule has 3 heteroatoms. The predicted molar refractivity (Wildman–Crippen MR) is 39.3 cm³/mol. The summed E-state index contributed by atoms with van der Waals surface area (Å²) >= 11 is 0. The first-order valence-electron chi connectivity index (χ1n) is 3.95. The van der Waals surface area contributed by atoms with Crippen molar-refractivity contribution < 1.29 is 9.26 Å². The summed E-state index contributed by atoms with van der Waals surface area (Å²) in [5.74, 6) is 1.54. The van der Waals surface area contributed by atoms with E-state index in [-0.39, 0.29) is 0 Å². The van der Waals surface area contributed by atoms with Crippen LogP contribution in [0.25, 0.3) is 0 Å². The van der Waals surface area contributed by atoms with Crippen LogP contribution in [-0.2, 0) is 4.74 Å². The summed E-state index contributed by atoms with van der Waals surface area (Å²) in [6.45, 7) is 1.71. The van der Waals surface area contributed by atoms with Crippen LogP contribution >= 0.6 is 0 Å². The molecule has 2 heterocycles. The standard InChI is InChI=1S/C8H11NO2/c1-4-9-11-8(1)7-2-5-10-6-3-7/h1,4,7H,2-3,5-6H2. The summed E-state index contributed by atoms with van der Waals surface area (Å²) in [6.07, 6.45) is 3.83. The van der Waals surface area contributed by atoms with Crippen molar-refractivity contribution in [2.24, 2.45) is 0 Å². The van der Waals surface area contributed by atoms with Crippen molar-refractivity contribution >= 4 is 0 Å². The molecule has 0 aliphatic carbocycles. The summed E-state index contributed by atoms with van der Waals surface area (Å²) in [6, 6.07) is 1.94. The van der Waals surface area contributed by atoms with Crippen molar-refractivity contribution in [3.8, 4) is 0 Å². The lowest BCUT2D eigenvalue weighted by molar-refractivity contribution is 0.0791. The molecule has 3 nitrogen and oxygen atoms in total. The lowest BCUT2D eigenvalue weighted by Gasteiger charge is -2.18. The molecular formula is C8H11NO2. The monoisotopic (exact) mass is 153 g/mol. The maximum atomic E-state index is 5.24. The molecule has 1 aliphatic rings. The lowest BCUT2D eigenvalue weighted by Crippen LogP contribution is -2.13. The van der Waals surface area contributed by atoms with Crippen LogP contribution in [0.5, 0.6) is 0 Å². The third-order valence-corrected chi connectivity index (χ3v) is 2.08. The van der Waals surface area contributed by atoms with Gasteiger partial charge in [-0.1, -0.05) is 5.16 Å². The van der Waals surface area contributed by atoms with Gasteiger partial charge in [-0.15, -0.1) is 0 Å². The van der Waals surface area contributed by atoms with E-state index in [0.717, 1.165) is 31.8 Å². The normalized spacial score (nSPS) is 20.4. The molecule has 0 unspecified atom stereocenters. The Morgan fingerprint density at radius 2 is 2.18 bits per heavy atom. The topological polar surface area (TPSA) is 35.3 Å². The predicted octanol–water partition coefficient (Wildman–Crippen LogP) is 1.57. The van der Waals surface area contributed by atoms with E-state index in [1.54, 1.807) is 6.20 Å². The average Bonchev–Trinajstić information content (AvgIpc) is 2.58. The first kappa shape index (κ1) is 6.85. The van der Waals surface area contributed by atoms with Gasteiger partial charge in [0, 0.05) is 25.2 Å². The molecule has 11 heavy (non-hydrogen) atoms.